The fourth-order valence-electron chi connectivity index (χ4n) is 2.36. The molecule has 0 saturated carbocycles. The van der Waals surface area contributed by atoms with Crippen LogP contribution < -0.4 is 4.74 Å². The van der Waals surface area contributed by atoms with Crippen molar-refractivity contribution >= 4 is 15.9 Å². The minimum atomic E-state index is -0.173. The first-order chi connectivity index (χ1) is 9.72. The van der Waals surface area contributed by atoms with Gasteiger partial charge in [-0.2, -0.15) is 0 Å². The van der Waals surface area contributed by atoms with Gasteiger partial charge in [-0.05, 0) is 48.1 Å². The van der Waals surface area contributed by atoms with Crippen LogP contribution in [0.5, 0.6) is 5.75 Å². The molecule has 2 aromatic carbocycles. The second-order valence-electron chi connectivity index (χ2n) is 4.87. The zero-order valence-corrected chi connectivity index (χ0v) is 13.1. The van der Waals surface area contributed by atoms with Gasteiger partial charge in [-0.15, -0.1) is 0 Å². The largest absolute Gasteiger partial charge is 0.496 e. The van der Waals surface area contributed by atoms with E-state index >= 15 is 0 Å². The monoisotopic (exact) mass is 336 g/mol. The third-order valence-electron chi connectivity index (χ3n) is 3.33. The number of methoxy groups -OCH3 is 1. The molecule has 0 fully saturated rings. The summed E-state index contributed by atoms with van der Waals surface area (Å²) in [5.41, 5.74) is 2.22. The Morgan fingerprint density at radius 2 is 1.90 bits per heavy atom. The first kappa shape index (κ1) is 15.0. The molecule has 106 valence electrons. The van der Waals surface area contributed by atoms with Crippen LogP contribution in [0.25, 0.3) is 0 Å². The lowest BCUT2D eigenvalue weighted by Gasteiger charge is -2.16. The van der Waals surface area contributed by atoms with Gasteiger partial charge in [-0.1, -0.05) is 46.3 Å². The Morgan fingerprint density at radius 3 is 2.60 bits per heavy atom. The lowest BCUT2D eigenvalue weighted by Crippen LogP contribution is -2.11. The van der Waals surface area contributed by atoms with Crippen LogP contribution in [0, 0.1) is 11.7 Å². The number of benzene rings is 2. The summed E-state index contributed by atoms with van der Waals surface area (Å²) in [6.45, 7) is 0. The van der Waals surface area contributed by atoms with Gasteiger partial charge in [0.1, 0.15) is 11.6 Å². The molecule has 1 unspecified atom stereocenters. The van der Waals surface area contributed by atoms with Crippen molar-refractivity contribution in [3.05, 3.63) is 65.5 Å². The van der Waals surface area contributed by atoms with E-state index in [4.69, 9.17) is 4.74 Å². The summed E-state index contributed by atoms with van der Waals surface area (Å²) in [4.78, 5) is 0. The van der Waals surface area contributed by atoms with Gasteiger partial charge in [0.15, 0.2) is 0 Å². The van der Waals surface area contributed by atoms with Gasteiger partial charge in [-0.3, -0.25) is 0 Å². The molecule has 20 heavy (non-hydrogen) atoms. The minimum Gasteiger partial charge on any atom is -0.496 e. The van der Waals surface area contributed by atoms with E-state index in [1.807, 2.05) is 24.3 Å². The first-order valence-electron chi connectivity index (χ1n) is 6.65. The van der Waals surface area contributed by atoms with Gasteiger partial charge in [0.25, 0.3) is 0 Å². The maximum Gasteiger partial charge on any atom is 0.123 e. The molecular formula is C17H18BrFO. The summed E-state index contributed by atoms with van der Waals surface area (Å²) in [6.07, 6.45) is 1.76. The fourth-order valence-corrected chi connectivity index (χ4v) is 2.82. The van der Waals surface area contributed by atoms with E-state index in [2.05, 4.69) is 22.0 Å². The average molecular weight is 337 g/mol. The third-order valence-corrected chi connectivity index (χ3v) is 4.25. The third kappa shape index (κ3) is 4.07. The molecule has 0 aliphatic carbocycles. The Hall–Kier alpha value is -1.35. The summed E-state index contributed by atoms with van der Waals surface area (Å²) in [6, 6.07) is 14.9. The van der Waals surface area contributed by atoms with Crippen molar-refractivity contribution in [2.75, 3.05) is 12.4 Å². The quantitative estimate of drug-likeness (QED) is 0.699. The molecule has 2 rings (SSSR count). The molecule has 0 amide bonds. The molecule has 1 nitrogen and oxygen atoms in total. The van der Waals surface area contributed by atoms with E-state index in [1.165, 1.54) is 11.6 Å². The lowest BCUT2D eigenvalue weighted by molar-refractivity contribution is 0.406. The SMILES string of the molecule is COc1ccccc1CC(CBr)Cc1cccc(F)c1. The number of hydrogen-bond acceptors (Lipinski definition) is 1. The fraction of sp³-hybridized carbons (Fsp3) is 0.294. The summed E-state index contributed by atoms with van der Waals surface area (Å²) < 4.78 is 18.6. The molecule has 0 aliphatic rings. The van der Waals surface area contributed by atoms with Crippen LogP contribution in [0.3, 0.4) is 0 Å². The van der Waals surface area contributed by atoms with Crippen molar-refractivity contribution in [3.8, 4) is 5.75 Å². The highest BCUT2D eigenvalue weighted by molar-refractivity contribution is 9.09. The Balaban J connectivity index is 2.09. The topological polar surface area (TPSA) is 9.23 Å². The number of halogens is 2. The van der Waals surface area contributed by atoms with Crippen molar-refractivity contribution in [1.82, 2.24) is 0 Å². The second kappa shape index (κ2) is 7.44. The zero-order chi connectivity index (χ0) is 14.4. The number of ether oxygens (including phenoxy) is 1. The summed E-state index contributed by atoms with van der Waals surface area (Å²) in [5, 5.41) is 0.877. The van der Waals surface area contributed by atoms with Gasteiger partial charge in [0.2, 0.25) is 0 Å². The Morgan fingerprint density at radius 1 is 1.10 bits per heavy atom. The van der Waals surface area contributed by atoms with E-state index in [1.54, 1.807) is 19.2 Å². The second-order valence-corrected chi connectivity index (χ2v) is 5.52. The molecule has 0 saturated heterocycles. The normalized spacial score (nSPS) is 12.2. The van der Waals surface area contributed by atoms with E-state index in [0.717, 1.165) is 29.5 Å². The average Bonchev–Trinajstić information content (AvgIpc) is 2.47. The van der Waals surface area contributed by atoms with Crippen LogP contribution in [0.2, 0.25) is 0 Å². The van der Waals surface area contributed by atoms with Gasteiger partial charge in [0.05, 0.1) is 7.11 Å². The molecule has 3 heteroatoms. The van der Waals surface area contributed by atoms with E-state index in [-0.39, 0.29) is 5.82 Å². The number of rotatable bonds is 6. The maximum atomic E-state index is 13.2. The van der Waals surface area contributed by atoms with E-state index in [0.29, 0.717) is 5.92 Å². The van der Waals surface area contributed by atoms with Gasteiger partial charge < -0.3 is 4.74 Å². The lowest BCUT2D eigenvalue weighted by atomic mass is 9.94. The standard InChI is InChI=1S/C17H18BrFO/c1-20-17-8-3-2-6-15(17)10-14(12-18)9-13-5-4-7-16(19)11-13/h2-8,11,14H,9-10,12H2,1H3. The van der Waals surface area contributed by atoms with Crippen LogP contribution in [-0.4, -0.2) is 12.4 Å². The molecule has 1 atom stereocenters. The van der Waals surface area contributed by atoms with E-state index < -0.39 is 0 Å². The molecule has 0 bridgehead atoms. The van der Waals surface area contributed by atoms with E-state index in [9.17, 15) is 4.39 Å². The molecule has 0 aliphatic heterocycles. The molecule has 0 radical (unpaired) electrons. The number of alkyl halides is 1. The van der Waals surface area contributed by atoms with Gasteiger partial charge in [0, 0.05) is 5.33 Å². The minimum absolute atomic E-state index is 0.173. The van der Waals surface area contributed by atoms with Gasteiger partial charge >= 0.3 is 0 Å². The van der Waals surface area contributed by atoms with Crippen molar-refractivity contribution in [3.63, 3.8) is 0 Å². The van der Waals surface area contributed by atoms with Gasteiger partial charge in [-0.25, -0.2) is 4.39 Å². The molecule has 0 aromatic heterocycles. The molecular weight excluding hydrogens is 319 g/mol. The van der Waals surface area contributed by atoms with Crippen LogP contribution in [-0.2, 0) is 12.8 Å². The maximum absolute atomic E-state index is 13.2. The van der Waals surface area contributed by atoms with Crippen molar-refractivity contribution < 1.29 is 9.13 Å². The van der Waals surface area contributed by atoms with Crippen molar-refractivity contribution in [2.45, 2.75) is 12.8 Å². The summed E-state index contributed by atoms with van der Waals surface area (Å²) >= 11 is 3.56. The predicted molar refractivity (Wildman–Crippen MR) is 84.1 cm³/mol. The summed E-state index contributed by atoms with van der Waals surface area (Å²) in [7, 11) is 1.69. The molecule has 0 spiro atoms. The van der Waals surface area contributed by atoms with Crippen LogP contribution in [0.1, 0.15) is 11.1 Å². The molecule has 0 heterocycles. The highest BCUT2D eigenvalue weighted by Gasteiger charge is 2.12. The van der Waals surface area contributed by atoms with Crippen LogP contribution in [0.15, 0.2) is 48.5 Å². The van der Waals surface area contributed by atoms with Crippen LogP contribution >= 0.6 is 15.9 Å². The first-order valence-corrected chi connectivity index (χ1v) is 7.77. The van der Waals surface area contributed by atoms with Crippen molar-refractivity contribution in [1.29, 1.82) is 0 Å². The van der Waals surface area contributed by atoms with Crippen molar-refractivity contribution in [2.24, 2.45) is 5.92 Å². The Bertz CT molecular complexity index is 556. The zero-order valence-electron chi connectivity index (χ0n) is 11.5. The summed E-state index contributed by atoms with van der Waals surface area (Å²) in [5.74, 6) is 1.15. The number of hydrogen-bond donors (Lipinski definition) is 0. The Kier molecular flexibility index (Phi) is 5.60. The highest BCUT2D eigenvalue weighted by atomic mass is 79.9. The smallest absolute Gasteiger partial charge is 0.123 e. The molecule has 0 N–H and O–H groups in total. The number of para-hydroxylation sites is 1. The highest BCUT2D eigenvalue weighted by Crippen LogP contribution is 2.24. The molecule has 2 aromatic rings. The van der Waals surface area contributed by atoms with Crippen LogP contribution in [0.4, 0.5) is 4.39 Å². The Labute approximate surface area is 127 Å². The predicted octanol–water partition coefficient (Wildman–Crippen LogP) is 4.63.